The van der Waals surface area contributed by atoms with E-state index in [0.29, 0.717) is 12.2 Å². The van der Waals surface area contributed by atoms with Crippen LogP contribution in [0.25, 0.3) is 0 Å². The second-order valence-electron chi connectivity index (χ2n) is 2.58. The lowest BCUT2D eigenvalue weighted by Gasteiger charge is -2.00. The molecule has 0 saturated heterocycles. The van der Waals surface area contributed by atoms with Crippen LogP contribution in [-0.4, -0.2) is 15.9 Å². The minimum absolute atomic E-state index is 0.124. The summed E-state index contributed by atoms with van der Waals surface area (Å²) in [4.78, 5) is 27.7. The second kappa shape index (κ2) is 4.39. The van der Waals surface area contributed by atoms with Gasteiger partial charge >= 0.3 is 5.69 Å². The number of amides is 1. The number of aromatic nitrogens is 2. The van der Waals surface area contributed by atoms with E-state index >= 15 is 0 Å². The normalized spacial score (nSPS) is 9.62. The summed E-state index contributed by atoms with van der Waals surface area (Å²) in [6, 6.07) is 1.54. The summed E-state index contributed by atoms with van der Waals surface area (Å²) in [6.45, 7) is 1.91. The van der Waals surface area contributed by atoms with E-state index in [1.54, 1.807) is 0 Å². The van der Waals surface area contributed by atoms with E-state index in [0.717, 1.165) is 6.42 Å². The molecule has 0 saturated carbocycles. The topological polar surface area (TPSA) is 74.8 Å². The fraction of sp³-hybridized carbons (Fsp3) is 0.375. The summed E-state index contributed by atoms with van der Waals surface area (Å²) in [5.74, 6) is 0.169. The van der Waals surface area contributed by atoms with Crippen LogP contribution in [0.2, 0.25) is 0 Å². The monoisotopic (exact) mass is 181 g/mol. The Balaban J connectivity index is 2.64. The molecule has 0 atom stereocenters. The minimum atomic E-state index is -0.464. The van der Waals surface area contributed by atoms with Crippen LogP contribution in [0, 0.1) is 0 Å². The van der Waals surface area contributed by atoms with Crippen molar-refractivity contribution in [1.82, 2.24) is 9.97 Å². The van der Waals surface area contributed by atoms with Crippen molar-refractivity contribution in [2.24, 2.45) is 0 Å². The first-order valence-electron chi connectivity index (χ1n) is 4.08. The standard InChI is InChI=1S/C8H11N3O2/c1-2-3-7(12)10-6-4-5-9-8(13)11-6/h4-5H,2-3H2,1H3,(H2,9,10,11,12,13). The predicted octanol–water partition coefficient (Wildman–Crippen LogP) is 0.508. The number of rotatable bonds is 3. The molecular weight excluding hydrogens is 170 g/mol. The van der Waals surface area contributed by atoms with Gasteiger partial charge in [0.2, 0.25) is 5.91 Å². The van der Waals surface area contributed by atoms with Gasteiger partial charge in [0.15, 0.2) is 0 Å². The molecule has 0 aliphatic carbocycles. The molecule has 13 heavy (non-hydrogen) atoms. The first-order valence-corrected chi connectivity index (χ1v) is 4.08. The van der Waals surface area contributed by atoms with Gasteiger partial charge in [0.25, 0.3) is 0 Å². The zero-order valence-corrected chi connectivity index (χ0v) is 7.33. The third-order valence-electron chi connectivity index (χ3n) is 1.41. The largest absolute Gasteiger partial charge is 0.346 e. The van der Waals surface area contributed by atoms with Crippen LogP contribution in [0.3, 0.4) is 0 Å². The van der Waals surface area contributed by atoms with Crippen LogP contribution < -0.4 is 11.0 Å². The number of aromatic amines is 1. The van der Waals surface area contributed by atoms with Crippen molar-refractivity contribution in [3.8, 4) is 0 Å². The number of carbonyl (C=O) groups excluding carboxylic acids is 1. The second-order valence-corrected chi connectivity index (χ2v) is 2.58. The smallest absolute Gasteiger partial charge is 0.313 e. The van der Waals surface area contributed by atoms with E-state index in [2.05, 4.69) is 15.3 Å². The van der Waals surface area contributed by atoms with Crippen LogP contribution in [0.4, 0.5) is 5.82 Å². The Bertz CT molecular complexity index is 345. The SMILES string of the molecule is CCCC(=O)Nc1cc[nH]c(=O)n1. The van der Waals surface area contributed by atoms with Crippen LogP contribution in [0.1, 0.15) is 19.8 Å². The average Bonchev–Trinajstić information content (AvgIpc) is 2.04. The number of hydrogen-bond acceptors (Lipinski definition) is 3. The lowest BCUT2D eigenvalue weighted by atomic mass is 10.3. The molecule has 70 valence electrons. The summed E-state index contributed by atoms with van der Waals surface area (Å²) in [6.07, 6.45) is 2.65. The van der Waals surface area contributed by atoms with Crippen molar-refractivity contribution in [2.45, 2.75) is 19.8 Å². The van der Waals surface area contributed by atoms with E-state index in [9.17, 15) is 9.59 Å². The highest BCUT2D eigenvalue weighted by molar-refractivity contribution is 5.89. The number of nitrogens with one attached hydrogen (secondary N) is 2. The van der Waals surface area contributed by atoms with Gasteiger partial charge in [-0.15, -0.1) is 0 Å². The number of nitrogens with zero attached hydrogens (tertiary/aromatic N) is 1. The molecule has 0 aromatic carbocycles. The third-order valence-corrected chi connectivity index (χ3v) is 1.41. The fourth-order valence-corrected chi connectivity index (χ4v) is 0.873. The van der Waals surface area contributed by atoms with Crippen LogP contribution in [-0.2, 0) is 4.79 Å². The highest BCUT2D eigenvalue weighted by Crippen LogP contribution is 1.98. The first-order chi connectivity index (χ1) is 6.22. The average molecular weight is 181 g/mol. The maximum atomic E-state index is 11.1. The first kappa shape index (κ1) is 9.44. The van der Waals surface area contributed by atoms with Crippen molar-refractivity contribution in [3.63, 3.8) is 0 Å². The van der Waals surface area contributed by atoms with Gasteiger partial charge in [-0.25, -0.2) is 4.79 Å². The lowest BCUT2D eigenvalue weighted by Crippen LogP contribution is -2.17. The van der Waals surface area contributed by atoms with Crippen molar-refractivity contribution in [1.29, 1.82) is 0 Å². The summed E-state index contributed by atoms with van der Waals surface area (Å²) in [5, 5.41) is 2.51. The van der Waals surface area contributed by atoms with E-state index in [4.69, 9.17) is 0 Å². The molecule has 0 bridgehead atoms. The molecule has 2 N–H and O–H groups in total. The van der Waals surface area contributed by atoms with Gasteiger partial charge < -0.3 is 10.3 Å². The van der Waals surface area contributed by atoms with Crippen LogP contribution >= 0.6 is 0 Å². The van der Waals surface area contributed by atoms with E-state index in [1.807, 2.05) is 6.92 Å². The van der Waals surface area contributed by atoms with Gasteiger partial charge in [-0.2, -0.15) is 4.98 Å². The molecule has 1 aromatic heterocycles. The predicted molar refractivity (Wildman–Crippen MR) is 48.4 cm³/mol. The minimum Gasteiger partial charge on any atom is -0.313 e. The molecule has 1 aromatic rings. The van der Waals surface area contributed by atoms with Crippen molar-refractivity contribution < 1.29 is 4.79 Å². The Morgan fingerprint density at radius 3 is 3.08 bits per heavy atom. The molecule has 0 fully saturated rings. The lowest BCUT2D eigenvalue weighted by molar-refractivity contribution is -0.116. The van der Waals surface area contributed by atoms with Gasteiger partial charge in [0, 0.05) is 12.6 Å². The zero-order valence-electron chi connectivity index (χ0n) is 7.33. The molecule has 1 rings (SSSR count). The molecule has 1 amide bonds. The highest BCUT2D eigenvalue weighted by atomic mass is 16.2. The summed E-state index contributed by atoms with van der Waals surface area (Å²) < 4.78 is 0. The molecule has 5 heteroatoms. The third kappa shape index (κ3) is 3.06. The molecule has 0 unspecified atom stereocenters. The summed E-state index contributed by atoms with van der Waals surface area (Å²) in [7, 11) is 0. The van der Waals surface area contributed by atoms with Crippen LogP contribution in [0.15, 0.2) is 17.1 Å². The van der Waals surface area contributed by atoms with Crippen molar-refractivity contribution in [2.75, 3.05) is 5.32 Å². The Hall–Kier alpha value is -1.65. The molecular formula is C8H11N3O2. The fourth-order valence-electron chi connectivity index (χ4n) is 0.873. The maximum Gasteiger partial charge on any atom is 0.346 e. The van der Waals surface area contributed by atoms with Gasteiger partial charge in [0.1, 0.15) is 5.82 Å². The number of H-pyrrole nitrogens is 1. The Morgan fingerprint density at radius 1 is 1.69 bits per heavy atom. The Labute approximate surface area is 75.2 Å². The quantitative estimate of drug-likeness (QED) is 0.713. The van der Waals surface area contributed by atoms with Gasteiger partial charge in [-0.05, 0) is 12.5 Å². The van der Waals surface area contributed by atoms with E-state index in [-0.39, 0.29) is 5.91 Å². The number of anilines is 1. The Morgan fingerprint density at radius 2 is 2.46 bits per heavy atom. The Kier molecular flexibility index (Phi) is 3.19. The maximum absolute atomic E-state index is 11.1. The van der Waals surface area contributed by atoms with E-state index < -0.39 is 5.69 Å². The van der Waals surface area contributed by atoms with Crippen molar-refractivity contribution in [3.05, 3.63) is 22.7 Å². The van der Waals surface area contributed by atoms with Crippen molar-refractivity contribution >= 4 is 11.7 Å². The number of hydrogen-bond donors (Lipinski definition) is 2. The molecule has 0 aliphatic heterocycles. The summed E-state index contributed by atoms with van der Waals surface area (Å²) >= 11 is 0. The van der Waals surface area contributed by atoms with Crippen LogP contribution in [0.5, 0.6) is 0 Å². The number of carbonyl (C=O) groups is 1. The zero-order chi connectivity index (χ0) is 9.68. The van der Waals surface area contributed by atoms with E-state index in [1.165, 1.54) is 12.3 Å². The van der Waals surface area contributed by atoms with Gasteiger partial charge in [0.05, 0.1) is 0 Å². The van der Waals surface area contributed by atoms with Gasteiger partial charge in [-0.1, -0.05) is 6.92 Å². The molecule has 1 heterocycles. The molecule has 0 spiro atoms. The van der Waals surface area contributed by atoms with Gasteiger partial charge in [-0.3, -0.25) is 4.79 Å². The molecule has 5 nitrogen and oxygen atoms in total. The highest BCUT2D eigenvalue weighted by Gasteiger charge is 2.00. The molecule has 0 radical (unpaired) electrons. The summed E-state index contributed by atoms with van der Waals surface area (Å²) in [5.41, 5.74) is -0.464. The molecule has 0 aliphatic rings.